The van der Waals surface area contributed by atoms with Gasteiger partial charge in [0.15, 0.2) is 11.6 Å². The number of carbonyl (C=O) groups is 2. The van der Waals surface area contributed by atoms with Crippen LogP contribution in [0.15, 0.2) is 121 Å². The van der Waals surface area contributed by atoms with Crippen molar-refractivity contribution in [2.75, 3.05) is 59.5 Å². The fourth-order valence-corrected chi connectivity index (χ4v) is 15.1. The van der Waals surface area contributed by atoms with Crippen molar-refractivity contribution >= 4 is 76.2 Å². The van der Waals surface area contributed by atoms with E-state index in [-0.39, 0.29) is 78.3 Å². The largest absolute Gasteiger partial charge is 0.497 e. The van der Waals surface area contributed by atoms with Crippen LogP contribution in [0.2, 0.25) is 39.3 Å². The molecule has 0 aliphatic carbocycles. The molecule has 5 aromatic carbocycles. The van der Waals surface area contributed by atoms with Gasteiger partial charge in [-0.15, -0.1) is 0 Å². The molecule has 2 aliphatic heterocycles. The van der Waals surface area contributed by atoms with Gasteiger partial charge in [0.25, 0.3) is 0 Å². The van der Waals surface area contributed by atoms with Crippen LogP contribution in [0.5, 0.6) is 34.5 Å². The number of carbonyl (C=O) groups excluding carboxylic acids is 2. The Morgan fingerprint density at radius 3 is 1.40 bits per heavy atom. The van der Waals surface area contributed by atoms with Crippen molar-refractivity contribution < 1.29 is 75.9 Å². The van der Waals surface area contributed by atoms with E-state index in [1.165, 1.54) is 4.46 Å². The Morgan fingerprint density at radius 2 is 0.971 bits per heavy atom. The zero-order valence-electron chi connectivity index (χ0n) is 63.6. The summed E-state index contributed by atoms with van der Waals surface area (Å²) >= 11 is 2.59. The molecule has 20 heteroatoms. The number of methoxy groups -OCH3 is 6. The van der Waals surface area contributed by atoms with Crippen LogP contribution < -0.4 is 32.9 Å². The molecule has 2 heterocycles. The second-order valence-electron chi connectivity index (χ2n) is 28.7. The SMILES string of the molecule is C.C.COc1cc(OC)c(C(=O)OC[Si](C)(C)C)c(C[Se]c2ccccc2)c1C.COc1ccc(CO[C@H](C)C/C=C\C(C)[C@H]2OC(C)(C)O[C@H]2C/C=C/c2c(C)c(OC)cc(OC)c2C(=O)OC[Si](C)(C)C)cc1.COc1ccc(CO[C@H](C)C/C=C\C(C)[C@H]2OC(C)(C)O[C@H]2CCI)cc1. The van der Waals surface area contributed by atoms with Crippen molar-refractivity contribution in [3.8, 4) is 34.5 Å². The smallest absolute Gasteiger partial charge is 0.342 e. The molecule has 2 saturated heterocycles. The predicted molar refractivity (Wildman–Crippen MR) is 430 cm³/mol. The molecule has 0 spiro atoms. The number of alkyl halides is 1. The van der Waals surface area contributed by atoms with Crippen molar-refractivity contribution in [2.45, 2.75) is 216 Å². The van der Waals surface area contributed by atoms with Gasteiger partial charge in [-0.3, -0.25) is 0 Å². The Morgan fingerprint density at radius 1 is 0.549 bits per heavy atom. The monoisotopic (exact) mass is 1630 g/mol. The fraction of sp³-hybridized carbons (Fsp3) is 0.537. The molecule has 0 radical (unpaired) electrons. The zero-order chi connectivity index (χ0) is 74.0. The minimum atomic E-state index is -1.62. The van der Waals surface area contributed by atoms with Crippen molar-refractivity contribution in [3.05, 3.63) is 166 Å². The van der Waals surface area contributed by atoms with Gasteiger partial charge in [0.2, 0.25) is 0 Å². The molecular weight excluding hydrogens is 1500 g/mol. The molecule has 2 fully saturated rings. The molecule has 8 atom stereocenters. The molecule has 0 bridgehead atoms. The third-order valence-corrected chi connectivity index (χ3v) is 21.4. The van der Waals surface area contributed by atoms with Gasteiger partial charge in [-0.05, 0) is 121 Å². The standard InChI is InChI=1S/C37H54O8Si.C22H33IO4.C21H28O4SeSi.2CH4/c1-25(14-12-15-26(2)42-23-28-18-20-29(39-6)21-19-28)35-31(44-37(4,5)45-35)17-13-16-30-27(3)32(40-7)22-33(41-8)34(30)36(38)43-24-46(9,10)11;1-16(21-20(13-14-23)26-22(3,4)27-21)7-6-8-17(2)25-15-18-9-11-19(24-5)12-10-18;1-15-17(13-26-16-10-8-7-9-11-16)20(19(24-3)12-18(15)23-2)21(22)25-14-27(4,5)6;;/h12-14,16,18-22,25-26,31,35H,15,17,23-24H2,1-11H3;6-7,9-12,16-17,20-21H,8,13-15H2,1-5H3;7-12H,13-14H2,1-6H3;2*1H4/b14-12-,16-13+;7-6-;;;/t25?,26-,31+,35-;16?,17-,20+,21-;;;/m11.../s1. The Bertz CT molecular complexity index is 3400. The molecule has 2 aliphatic rings. The summed E-state index contributed by atoms with van der Waals surface area (Å²) in [5.41, 5.74) is 6.66. The predicted octanol–water partition coefficient (Wildman–Crippen LogP) is 18.5. The van der Waals surface area contributed by atoms with Crippen molar-refractivity contribution in [2.24, 2.45) is 11.8 Å². The summed E-state index contributed by atoms with van der Waals surface area (Å²) < 4.78 is 83.4. The topological polar surface area (TPSA) is 163 Å². The molecule has 5 aromatic rings. The van der Waals surface area contributed by atoms with Crippen LogP contribution in [0.4, 0.5) is 0 Å². The molecule has 0 aromatic heterocycles. The first kappa shape index (κ1) is 90.7. The second-order valence-corrected chi connectivity index (χ2v) is 42.8. The molecular formula is C82H123IO16SeSi2. The molecule has 7 rings (SSSR count). The van der Waals surface area contributed by atoms with Crippen LogP contribution in [0.3, 0.4) is 0 Å². The van der Waals surface area contributed by atoms with Gasteiger partial charge in [0.05, 0.1) is 92.6 Å². The number of halogens is 1. The maximum Gasteiger partial charge on any atom is 0.342 e. The summed E-state index contributed by atoms with van der Waals surface area (Å²) in [7, 11) is 6.58. The van der Waals surface area contributed by atoms with E-state index in [9.17, 15) is 9.59 Å². The maximum absolute atomic E-state index is 13.4. The Balaban J connectivity index is 0.000000417. The van der Waals surface area contributed by atoms with E-state index in [1.54, 1.807) is 54.8 Å². The third-order valence-electron chi connectivity index (χ3n) is 16.6. The van der Waals surface area contributed by atoms with Gasteiger partial charge < -0.3 is 52.1 Å². The summed E-state index contributed by atoms with van der Waals surface area (Å²) in [4.78, 5) is 26.3. The van der Waals surface area contributed by atoms with Crippen LogP contribution in [-0.4, -0.2) is 151 Å². The number of rotatable bonds is 34. The van der Waals surface area contributed by atoms with E-state index < -0.39 is 33.7 Å². The van der Waals surface area contributed by atoms with Crippen LogP contribution in [0, 0.1) is 25.7 Å². The molecule has 568 valence electrons. The summed E-state index contributed by atoms with van der Waals surface area (Å²) in [5.74, 6) is 2.52. The van der Waals surface area contributed by atoms with E-state index in [2.05, 4.69) is 126 Å². The number of hydrogen-bond donors (Lipinski definition) is 0. The summed E-state index contributed by atoms with van der Waals surface area (Å²) in [6, 6.07) is 29.8. The van der Waals surface area contributed by atoms with E-state index in [4.69, 9.17) is 66.3 Å². The zero-order valence-corrected chi connectivity index (χ0v) is 69.5. The van der Waals surface area contributed by atoms with Gasteiger partial charge in [0.1, 0.15) is 28.6 Å². The number of hydrogen-bond acceptors (Lipinski definition) is 16. The first-order valence-electron chi connectivity index (χ1n) is 34.6. The number of esters is 2. The van der Waals surface area contributed by atoms with E-state index in [0.717, 1.165) is 74.1 Å². The Labute approximate surface area is 635 Å². The van der Waals surface area contributed by atoms with Crippen molar-refractivity contribution in [1.29, 1.82) is 0 Å². The van der Waals surface area contributed by atoms with E-state index in [0.29, 0.717) is 72.0 Å². The van der Waals surface area contributed by atoms with Crippen LogP contribution in [0.1, 0.15) is 150 Å². The first-order valence-corrected chi connectivity index (χ1v) is 45.6. The van der Waals surface area contributed by atoms with Crippen molar-refractivity contribution in [3.63, 3.8) is 0 Å². The van der Waals surface area contributed by atoms with Gasteiger partial charge in [-0.25, -0.2) is 4.79 Å². The normalized spacial score (nSPS) is 18.1. The summed E-state index contributed by atoms with van der Waals surface area (Å²) in [6.45, 7) is 34.5. The van der Waals surface area contributed by atoms with Gasteiger partial charge in [0, 0.05) is 22.3 Å². The van der Waals surface area contributed by atoms with Gasteiger partial charge in [-0.1, -0.05) is 132 Å². The maximum atomic E-state index is 13.4. The number of ether oxygens (including phenoxy) is 14. The fourth-order valence-electron chi connectivity index (χ4n) is 11.2. The molecule has 16 nitrogen and oxygen atoms in total. The van der Waals surface area contributed by atoms with Gasteiger partial charge >= 0.3 is 175 Å². The van der Waals surface area contributed by atoms with Crippen LogP contribution in [-0.2, 0) is 56.4 Å². The first-order chi connectivity index (χ1) is 47.3. The minimum Gasteiger partial charge on any atom is -0.497 e. The number of benzene rings is 5. The molecule has 2 unspecified atom stereocenters. The molecule has 0 saturated carbocycles. The Kier molecular flexibility index (Phi) is 39.0. The Hall–Kier alpha value is -5.50. The molecule has 0 N–H and O–H groups in total. The van der Waals surface area contributed by atoms with E-state index in [1.807, 2.05) is 120 Å². The third kappa shape index (κ3) is 29.8. The van der Waals surface area contributed by atoms with E-state index >= 15 is 0 Å². The minimum absolute atomic E-state index is 0. The van der Waals surface area contributed by atoms with Crippen molar-refractivity contribution in [1.82, 2.24) is 0 Å². The summed E-state index contributed by atoms with van der Waals surface area (Å²) in [5, 5.41) is 0.772. The second kappa shape index (κ2) is 43.8. The average molecular weight is 1630 g/mol. The summed E-state index contributed by atoms with van der Waals surface area (Å²) in [6.07, 6.45) is 17.2. The van der Waals surface area contributed by atoms with Crippen LogP contribution in [0.25, 0.3) is 6.08 Å². The molecule has 0 amide bonds. The molecule has 102 heavy (non-hydrogen) atoms. The average Bonchev–Trinajstić information content (AvgIpc) is 1.11. The van der Waals surface area contributed by atoms with Gasteiger partial charge in [-0.2, -0.15) is 0 Å². The quantitative estimate of drug-likeness (QED) is 0.0126. The van der Waals surface area contributed by atoms with Crippen LogP contribution >= 0.6 is 22.6 Å².